The van der Waals surface area contributed by atoms with Crippen molar-refractivity contribution in [3.8, 4) is 5.75 Å². The Bertz CT molecular complexity index is 579. The van der Waals surface area contributed by atoms with E-state index in [0.29, 0.717) is 13.2 Å². The maximum Gasteiger partial charge on any atom is 0.222 e. The molecule has 0 aromatic heterocycles. The van der Waals surface area contributed by atoms with Gasteiger partial charge in [-0.05, 0) is 23.3 Å². The standard InChI is InChI=1S/C18H21NO2/c1-14(2)18(20)19-12-16-9-6-10-17(11-16)21-13-15-7-4-3-5-8-15/h3-11,14H,12-13H2,1-2H3,(H,19,20). The average Bonchev–Trinajstić information content (AvgIpc) is 2.52. The Kier molecular flexibility index (Phi) is 5.38. The minimum Gasteiger partial charge on any atom is -0.489 e. The molecule has 2 aromatic carbocycles. The van der Waals surface area contributed by atoms with Crippen molar-refractivity contribution in [2.45, 2.75) is 27.0 Å². The molecule has 0 saturated heterocycles. The van der Waals surface area contributed by atoms with E-state index < -0.39 is 0 Å². The lowest BCUT2D eigenvalue weighted by atomic mass is 10.2. The average molecular weight is 283 g/mol. The molecule has 0 fully saturated rings. The van der Waals surface area contributed by atoms with Gasteiger partial charge in [0.05, 0.1) is 0 Å². The fourth-order valence-electron chi connectivity index (χ4n) is 1.88. The number of hydrogen-bond donors (Lipinski definition) is 1. The molecule has 3 nitrogen and oxygen atoms in total. The van der Waals surface area contributed by atoms with Gasteiger partial charge in [0, 0.05) is 12.5 Å². The summed E-state index contributed by atoms with van der Waals surface area (Å²) >= 11 is 0. The molecule has 21 heavy (non-hydrogen) atoms. The minimum absolute atomic E-state index is 0.00233. The van der Waals surface area contributed by atoms with Crippen LogP contribution in [0.5, 0.6) is 5.75 Å². The van der Waals surface area contributed by atoms with Crippen LogP contribution >= 0.6 is 0 Å². The van der Waals surface area contributed by atoms with Gasteiger partial charge in [-0.3, -0.25) is 4.79 Å². The van der Waals surface area contributed by atoms with Gasteiger partial charge in [-0.25, -0.2) is 0 Å². The molecule has 110 valence electrons. The van der Waals surface area contributed by atoms with Gasteiger partial charge in [0.15, 0.2) is 0 Å². The Morgan fingerprint density at radius 3 is 2.48 bits per heavy atom. The van der Waals surface area contributed by atoms with Crippen LogP contribution in [0.3, 0.4) is 0 Å². The van der Waals surface area contributed by atoms with Crippen LogP contribution in [0, 0.1) is 5.92 Å². The third-order valence-corrected chi connectivity index (χ3v) is 3.14. The summed E-state index contributed by atoms with van der Waals surface area (Å²) in [4.78, 5) is 11.6. The zero-order valence-electron chi connectivity index (χ0n) is 12.5. The molecular weight excluding hydrogens is 262 g/mol. The highest BCUT2D eigenvalue weighted by atomic mass is 16.5. The molecule has 2 aromatic rings. The van der Waals surface area contributed by atoms with Crippen molar-refractivity contribution in [2.75, 3.05) is 0 Å². The first-order valence-corrected chi connectivity index (χ1v) is 7.18. The highest BCUT2D eigenvalue weighted by molar-refractivity contribution is 5.77. The molecule has 1 amide bonds. The summed E-state index contributed by atoms with van der Waals surface area (Å²) in [6, 6.07) is 17.9. The minimum atomic E-state index is 0.00233. The molecule has 2 rings (SSSR count). The van der Waals surface area contributed by atoms with E-state index in [1.165, 1.54) is 0 Å². The van der Waals surface area contributed by atoms with E-state index in [1.807, 2.05) is 68.4 Å². The molecule has 0 heterocycles. The number of amides is 1. The Hall–Kier alpha value is -2.29. The van der Waals surface area contributed by atoms with Gasteiger partial charge in [-0.2, -0.15) is 0 Å². The summed E-state index contributed by atoms with van der Waals surface area (Å²) < 4.78 is 5.77. The summed E-state index contributed by atoms with van der Waals surface area (Å²) in [7, 11) is 0. The van der Waals surface area contributed by atoms with Crippen LogP contribution in [-0.4, -0.2) is 5.91 Å². The normalized spacial score (nSPS) is 10.4. The van der Waals surface area contributed by atoms with Crippen LogP contribution in [0.15, 0.2) is 54.6 Å². The van der Waals surface area contributed by atoms with Gasteiger partial charge in [-0.1, -0.05) is 56.3 Å². The van der Waals surface area contributed by atoms with Crippen LogP contribution in [0.4, 0.5) is 0 Å². The summed E-state index contributed by atoms with van der Waals surface area (Å²) in [6.07, 6.45) is 0. The first kappa shape index (κ1) is 15.1. The van der Waals surface area contributed by atoms with E-state index in [-0.39, 0.29) is 11.8 Å². The lowest BCUT2D eigenvalue weighted by Gasteiger charge is -2.10. The third kappa shape index (κ3) is 4.95. The topological polar surface area (TPSA) is 38.3 Å². The molecule has 0 bridgehead atoms. The van der Waals surface area contributed by atoms with Crippen LogP contribution in [0.1, 0.15) is 25.0 Å². The first-order chi connectivity index (χ1) is 10.1. The fourth-order valence-corrected chi connectivity index (χ4v) is 1.88. The quantitative estimate of drug-likeness (QED) is 0.880. The number of nitrogens with one attached hydrogen (secondary N) is 1. The van der Waals surface area contributed by atoms with Gasteiger partial charge in [-0.15, -0.1) is 0 Å². The summed E-state index contributed by atoms with van der Waals surface area (Å²) in [5.74, 6) is 0.878. The van der Waals surface area contributed by atoms with Crippen molar-refractivity contribution in [2.24, 2.45) is 5.92 Å². The molecule has 0 aliphatic heterocycles. The maximum atomic E-state index is 11.6. The molecular formula is C18H21NO2. The highest BCUT2D eigenvalue weighted by Gasteiger charge is 2.06. The summed E-state index contributed by atoms with van der Waals surface area (Å²) in [6.45, 7) is 4.84. The SMILES string of the molecule is CC(C)C(=O)NCc1cccc(OCc2ccccc2)c1. The van der Waals surface area contributed by atoms with E-state index >= 15 is 0 Å². The van der Waals surface area contributed by atoms with Crippen LogP contribution in [0.2, 0.25) is 0 Å². The largest absolute Gasteiger partial charge is 0.489 e. The van der Waals surface area contributed by atoms with Crippen molar-refractivity contribution >= 4 is 5.91 Å². The summed E-state index contributed by atoms with van der Waals surface area (Å²) in [5.41, 5.74) is 2.17. The molecule has 0 saturated carbocycles. The predicted octanol–water partition coefficient (Wildman–Crippen LogP) is 3.54. The van der Waals surface area contributed by atoms with Crippen LogP contribution in [-0.2, 0) is 17.9 Å². The molecule has 0 unspecified atom stereocenters. The number of hydrogen-bond acceptors (Lipinski definition) is 2. The smallest absolute Gasteiger partial charge is 0.222 e. The Balaban J connectivity index is 1.90. The number of carbonyl (C=O) groups is 1. The van der Waals surface area contributed by atoms with Gasteiger partial charge < -0.3 is 10.1 Å². The molecule has 0 radical (unpaired) electrons. The zero-order valence-corrected chi connectivity index (χ0v) is 12.5. The molecule has 0 aliphatic rings. The van der Waals surface area contributed by atoms with E-state index in [9.17, 15) is 4.79 Å². The molecule has 1 N–H and O–H groups in total. The van der Waals surface area contributed by atoms with Gasteiger partial charge in [0.25, 0.3) is 0 Å². The second-order valence-electron chi connectivity index (χ2n) is 5.29. The number of carbonyl (C=O) groups excluding carboxylic acids is 1. The lowest BCUT2D eigenvalue weighted by Crippen LogP contribution is -2.27. The molecule has 0 aliphatic carbocycles. The van der Waals surface area contributed by atoms with E-state index in [1.54, 1.807) is 0 Å². The zero-order chi connectivity index (χ0) is 15.1. The van der Waals surface area contributed by atoms with Gasteiger partial charge in [0.2, 0.25) is 5.91 Å². The van der Waals surface area contributed by atoms with Crippen molar-refractivity contribution < 1.29 is 9.53 Å². The van der Waals surface area contributed by atoms with E-state index in [4.69, 9.17) is 4.74 Å². The van der Waals surface area contributed by atoms with Crippen molar-refractivity contribution in [3.05, 3.63) is 65.7 Å². The Morgan fingerprint density at radius 1 is 1.05 bits per heavy atom. The van der Waals surface area contributed by atoms with Crippen LogP contribution in [0.25, 0.3) is 0 Å². The number of rotatable bonds is 6. The maximum absolute atomic E-state index is 11.6. The van der Waals surface area contributed by atoms with Crippen molar-refractivity contribution in [1.29, 1.82) is 0 Å². The lowest BCUT2D eigenvalue weighted by molar-refractivity contribution is -0.124. The summed E-state index contributed by atoms with van der Waals surface area (Å²) in [5, 5.41) is 2.90. The predicted molar refractivity (Wildman–Crippen MR) is 83.9 cm³/mol. The monoisotopic (exact) mass is 283 g/mol. The Labute approximate surface area is 126 Å². The van der Waals surface area contributed by atoms with Gasteiger partial charge in [0.1, 0.15) is 12.4 Å². The first-order valence-electron chi connectivity index (χ1n) is 7.18. The number of ether oxygens (including phenoxy) is 1. The van der Waals surface area contributed by atoms with Crippen molar-refractivity contribution in [1.82, 2.24) is 5.32 Å². The molecule has 0 atom stereocenters. The second-order valence-corrected chi connectivity index (χ2v) is 5.29. The second kappa shape index (κ2) is 7.48. The molecule has 0 spiro atoms. The third-order valence-electron chi connectivity index (χ3n) is 3.14. The number of benzene rings is 2. The Morgan fingerprint density at radius 2 is 1.76 bits per heavy atom. The van der Waals surface area contributed by atoms with E-state index in [0.717, 1.165) is 16.9 Å². The van der Waals surface area contributed by atoms with Crippen LogP contribution < -0.4 is 10.1 Å². The molecule has 3 heteroatoms. The van der Waals surface area contributed by atoms with E-state index in [2.05, 4.69) is 5.32 Å². The fraction of sp³-hybridized carbons (Fsp3) is 0.278. The van der Waals surface area contributed by atoms with Gasteiger partial charge >= 0.3 is 0 Å². The highest BCUT2D eigenvalue weighted by Crippen LogP contribution is 2.15. The van der Waals surface area contributed by atoms with Crippen molar-refractivity contribution in [3.63, 3.8) is 0 Å².